The van der Waals surface area contributed by atoms with Crippen LogP contribution in [0.1, 0.15) is 19.6 Å². The fraction of sp³-hybridized carbons (Fsp3) is 0.600. The Morgan fingerprint density at radius 1 is 1.59 bits per heavy atom. The van der Waals surface area contributed by atoms with E-state index in [1.54, 1.807) is 0 Å². The Morgan fingerprint density at radius 2 is 2.29 bits per heavy atom. The van der Waals surface area contributed by atoms with Crippen LogP contribution in [0.15, 0.2) is 21.9 Å². The zero-order valence-corrected chi connectivity index (χ0v) is 9.24. The number of rotatable bonds is 2. The molecule has 17 heavy (non-hydrogen) atoms. The molecule has 0 aliphatic carbocycles. The number of nitrogens with one attached hydrogen (secondary N) is 1. The van der Waals surface area contributed by atoms with Gasteiger partial charge in [-0.25, -0.2) is 4.79 Å². The molecule has 0 bridgehead atoms. The van der Waals surface area contributed by atoms with Crippen LogP contribution < -0.4 is 11.2 Å². The first-order valence-corrected chi connectivity index (χ1v) is 5.32. The molecule has 4 atom stereocenters. The van der Waals surface area contributed by atoms with Crippen molar-refractivity contribution in [1.82, 2.24) is 9.55 Å². The van der Waals surface area contributed by atoms with Gasteiger partial charge in [0.1, 0.15) is 12.3 Å². The Morgan fingerprint density at radius 3 is 2.82 bits per heavy atom. The molecule has 94 valence electrons. The number of aromatic nitrogens is 2. The second-order valence-corrected chi connectivity index (χ2v) is 4.12. The lowest BCUT2D eigenvalue weighted by atomic mass is 10.1. The van der Waals surface area contributed by atoms with E-state index in [1.807, 2.05) is 0 Å². The fourth-order valence-corrected chi connectivity index (χ4v) is 1.94. The molecule has 2 heterocycles. The second-order valence-electron chi connectivity index (χ2n) is 4.12. The smallest absolute Gasteiger partial charge is 0.330 e. The SMILES string of the molecule is C[C@@H](O)C1O[C@@H](n2ccc(=O)[nH]c2=O)CC1O. The van der Waals surface area contributed by atoms with Crippen LogP contribution in [0.4, 0.5) is 0 Å². The summed E-state index contributed by atoms with van der Waals surface area (Å²) in [5, 5.41) is 19.0. The van der Waals surface area contributed by atoms with Gasteiger partial charge in [0.2, 0.25) is 0 Å². The van der Waals surface area contributed by atoms with E-state index in [9.17, 15) is 19.8 Å². The summed E-state index contributed by atoms with van der Waals surface area (Å²) in [4.78, 5) is 24.5. The van der Waals surface area contributed by atoms with Crippen molar-refractivity contribution in [3.8, 4) is 0 Å². The third-order valence-corrected chi connectivity index (χ3v) is 2.77. The van der Waals surface area contributed by atoms with E-state index in [0.29, 0.717) is 0 Å². The van der Waals surface area contributed by atoms with Gasteiger partial charge in [-0.1, -0.05) is 0 Å². The molecule has 1 saturated heterocycles. The highest BCUT2D eigenvalue weighted by molar-refractivity contribution is 4.89. The predicted octanol–water partition coefficient (Wildman–Crippen LogP) is -1.43. The average Bonchev–Trinajstić information content (AvgIpc) is 2.60. The molecule has 2 unspecified atom stereocenters. The van der Waals surface area contributed by atoms with E-state index in [2.05, 4.69) is 4.98 Å². The summed E-state index contributed by atoms with van der Waals surface area (Å²) >= 11 is 0. The molecule has 1 aromatic heterocycles. The molecular weight excluding hydrogens is 228 g/mol. The number of aliphatic hydroxyl groups is 2. The van der Waals surface area contributed by atoms with Gasteiger partial charge in [0, 0.05) is 18.7 Å². The minimum atomic E-state index is -0.834. The molecule has 0 saturated carbocycles. The summed E-state index contributed by atoms with van der Waals surface area (Å²) < 4.78 is 6.57. The number of aliphatic hydroxyl groups excluding tert-OH is 2. The summed E-state index contributed by atoms with van der Waals surface area (Å²) in [6.07, 6.45) is -1.55. The minimum absolute atomic E-state index is 0.196. The maximum absolute atomic E-state index is 11.5. The van der Waals surface area contributed by atoms with Crippen molar-refractivity contribution in [2.45, 2.75) is 37.9 Å². The lowest BCUT2D eigenvalue weighted by Gasteiger charge is -2.17. The van der Waals surface area contributed by atoms with Crippen molar-refractivity contribution in [1.29, 1.82) is 0 Å². The Labute approximate surface area is 96.3 Å². The van der Waals surface area contributed by atoms with Crippen molar-refractivity contribution in [2.75, 3.05) is 0 Å². The Kier molecular flexibility index (Phi) is 3.14. The third-order valence-electron chi connectivity index (χ3n) is 2.77. The normalized spacial score (nSPS) is 30.4. The van der Waals surface area contributed by atoms with Crippen molar-refractivity contribution < 1.29 is 14.9 Å². The van der Waals surface area contributed by atoms with Gasteiger partial charge in [0.25, 0.3) is 5.56 Å². The predicted molar refractivity (Wildman–Crippen MR) is 57.5 cm³/mol. The lowest BCUT2D eigenvalue weighted by Crippen LogP contribution is -2.33. The number of nitrogens with zero attached hydrogens (tertiary/aromatic N) is 1. The van der Waals surface area contributed by atoms with Gasteiger partial charge >= 0.3 is 5.69 Å². The second kappa shape index (κ2) is 4.44. The monoisotopic (exact) mass is 242 g/mol. The van der Waals surface area contributed by atoms with E-state index in [0.717, 1.165) is 0 Å². The van der Waals surface area contributed by atoms with Crippen LogP contribution in [0.3, 0.4) is 0 Å². The molecule has 0 aromatic carbocycles. The first-order valence-electron chi connectivity index (χ1n) is 5.32. The van der Waals surface area contributed by atoms with Crippen LogP contribution in [0, 0.1) is 0 Å². The molecule has 1 aliphatic heterocycles. The van der Waals surface area contributed by atoms with Crippen LogP contribution >= 0.6 is 0 Å². The van der Waals surface area contributed by atoms with Crippen molar-refractivity contribution in [3.63, 3.8) is 0 Å². The number of H-pyrrole nitrogens is 1. The number of hydrogen-bond acceptors (Lipinski definition) is 5. The van der Waals surface area contributed by atoms with Crippen LogP contribution in [-0.2, 0) is 4.74 Å². The summed E-state index contributed by atoms with van der Waals surface area (Å²) in [6, 6.07) is 1.20. The highest BCUT2D eigenvalue weighted by Gasteiger charge is 2.37. The molecule has 0 radical (unpaired) electrons. The Hall–Kier alpha value is -1.44. The van der Waals surface area contributed by atoms with Crippen LogP contribution in [-0.4, -0.2) is 38.1 Å². The Bertz CT molecular complexity index is 506. The number of ether oxygens (including phenoxy) is 1. The minimum Gasteiger partial charge on any atom is -0.391 e. The van der Waals surface area contributed by atoms with E-state index in [1.165, 1.54) is 23.8 Å². The fourth-order valence-electron chi connectivity index (χ4n) is 1.94. The van der Waals surface area contributed by atoms with Gasteiger partial charge < -0.3 is 14.9 Å². The van der Waals surface area contributed by atoms with Crippen molar-refractivity contribution >= 4 is 0 Å². The average molecular weight is 242 g/mol. The van der Waals surface area contributed by atoms with Gasteiger partial charge in [0.15, 0.2) is 0 Å². The maximum atomic E-state index is 11.5. The summed E-state index contributed by atoms with van der Waals surface area (Å²) in [5.74, 6) is 0. The zero-order valence-electron chi connectivity index (χ0n) is 9.24. The van der Waals surface area contributed by atoms with E-state index >= 15 is 0 Å². The van der Waals surface area contributed by atoms with Crippen LogP contribution in [0.5, 0.6) is 0 Å². The van der Waals surface area contributed by atoms with Gasteiger partial charge in [-0.3, -0.25) is 14.3 Å². The van der Waals surface area contributed by atoms with E-state index in [-0.39, 0.29) is 6.42 Å². The highest BCUT2D eigenvalue weighted by Crippen LogP contribution is 2.29. The molecule has 1 aliphatic rings. The molecule has 0 spiro atoms. The molecular formula is C10H14N2O5. The zero-order chi connectivity index (χ0) is 12.6. The van der Waals surface area contributed by atoms with Crippen molar-refractivity contribution in [3.05, 3.63) is 33.1 Å². The first kappa shape index (κ1) is 12.0. The van der Waals surface area contributed by atoms with Gasteiger partial charge in [-0.05, 0) is 6.92 Å². The van der Waals surface area contributed by atoms with E-state index < -0.39 is 35.8 Å². The molecule has 7 heteroatoms. The van der Waals surface area contributed by atoms with E-state index in [4.69, 9.17) is 4.74 Å². The molecule has 2 rings (SSSR count). The topological polar surface area (TPSA) is 105 Å². The molecule has 7 nitrogen and oxygen atoms in total. The van der Waals surface area contributed by atoms with Gasteiger partial charge in [0.05, 0.1) is 12.2 Å². The van der Waals surface area contributed by atoms with Crippen LogP contribution in [0.25, 0.3) is 0 Å². The van der Waals surface area contributed by atoms with Gasteiger partial charge in [-0.2, -0.15) is 0 Å². The van der Waals surface area contributed by atoms with Crippen molar-refractivity contribution in [2.24, 2.45) is 0 Å². The lowest BCUT2D eigenvalue weighted by molar-refractivity contribution is -0.0770. The molecule has 1 aromatic rings. The number of hydrogen-bond donors (Lipinski definition) is 3. The highest BCUT2D eigenvalue weighted by atomic mass is 16.5. The first-order chi connectivity index (χ1) is 7.99. The molecule has 3 N–H and O–H groups in total. The standard InChI is InChI=1S/C10H14N2O5/c1-5(13)9-6(14)4-8(17-9)12-3-2-7(15)11-10(12)16/h2-3,5-6,8-9,13-14H,4H2,1H3,(H,11,15,16)/t5-,6?,8-,9?/m1/s1. The quantitative estimate of drug-likeness (QED) is 0.589. The Balaban J connectivity index is 2.26. The maximum Gasteiger partial charge on any atom is 0.330 e. The summed E-state index contributed by atoms with van der Waals surface area (Å²) in [7, 11) is 0. The third kappa shape index (κ3) is 2.31. The van der Waals surface area contributed by atoms with Gasteiger partial charge in [-0.15, -0.1) is 0 Å². The number of aromatic amines is 1. The summed E-state index contributed by atoms with van der Waals surface area (Å²) in [5.41, 5.74) is -1.09. The molecule has 0 amide bonds. The summed E-state index contributed by atoms with van der Waals surface area (Å²) in [6.45, 7) is 1.51. The van der Waals surface area contributed by atoms with Crippen LogP contribution in [0.2, 0.25) is 0 Å². The molecule has 1 fully saturated rings. The largest absolute Gasteiger partial charge is 0.391 e.